The van der Waals surface area contributed by atoms with Crippen LogP contribution in [0.2, 0.25) is 5.02 Å². The van der Waals surface area contributed by atoms with Crippen molar-refractivity contribution < 1.29 is 9.59 Å². The van der Waals surface area contributed by atoms with Crippen LogP contribution in [-0.4, -0.2) is 16.7 Å². The Morgan fingerprint density at radius 3 is 2.66 bits per heavy atom. The van der Waals surface area contributed by atoms with Gasteiger partial charge in [-0.3, -0.25) is 9.59 Å². The Morgan fingerprint density at radius 2 is 1.97 bits per heavy atom. The Hall–Kier alpha value is -2.44. The lowest BCUT2D eigenvalue weighted by atomic mass is 9.75. The molecule has 1 amide bonds. The van der Waals surface area contributed by atoms with E-state index in [9.17, 15) is 9.59 Å². The summed E-state index contributed by atoms with van der Waals surface area (Å²) < 4.78 is 0.826. The summed E-state index contributed by atoms with van der Waals surface area (Å²) in [5, 5.41) is 6.78. The minimum Gasteiger partial charge on any atom is -0.362 e. The number of allylic oxidation sites excluding steroid dienone is 3. The van der Waals surface area contributed by atoms with Crippen molar-refractivity contribution in [1.29, 1.82) is 0 Å². The Kier molecular flexibility index (Phi) is 5.56. The zero-order valence-electron chi connectivity index (χ0n) is 15.8. The van der Waals surface area contributed by atoms with Gasteiger partial charge in [0, 0.05) is 50.6 Å². The molecule has 2 N–H and O–H groups in total. The van der Waals surface area contributed by atoms with Gasteiger partial charge >= 0.3 is 0 Å². The van der Waals surface area contributed by atoms with Gasteiger partial charge in [-0.25, -0.2) is 4.98 Å². The van der Waals surface area contributed by atoms with Crippen LogP contribution in [0.3, 0.4) is 0 Å². The molecule has 0 saturated carbocycles. The SMILES string of the molecule is CC1=C(C(=O)Nc2ccc(Br)cn2)[C@@H](c2ccc(Cl)cc2)C2=C(CCCC2=O)N1. The number of hydrogen-bond acceptors (Lipinski definition) is 4. The maximum absolute atomic E-state index is 13.3. The summed E-state index contributed by atoms with van der Waals surface area (Å²) in [5.41, 5.74) is 3.72. The average molecular weight is 473 g/mol. The van der Waals surface area contributed by atoms with Gasteiger partial charge in [-0.1, -0.05) is 23.7 Å². The molecule has 0 saturated heterocycles. The number of hydrogen-bond donors (Lipinski definition) is 2. The van der Waals surface area contributed by atoms with Crippen LogP contribution in [0.4, 0.5) is 5.82 Å². The Balaban J connectivity index is 1.77. The molecule has 1 aromatic heterocycles. The second-order valence-electron chi connectivity index (χ2n) is 7.13. The van der Waals surface area contributed by atoms with Crippen molar-refractivity contribution in [2.75, 3.05) is 5.32 Å². The first-order valence-corrected chi connectivity index (χ1v) is 10.5. The van der Waals surface area contributed by atoms with Gasteiger partial charge in [0.05, 0.1) is 0 Å². The number of aromatic nitrogens is 1. The van der Waals surface area contributed by atoms with Gasteiger partial charge in [0.1, 0.15) is 5.82 Å². The predicted octanol–water partition coefficient (Wildman–Crippen LogP) is 5.10. The molecule has 29 heavy (non-hydrogen) atoms. The summed E-state index contributed by atoms with van der Waals surface area (Å²) in [4.78, 5) is 30.4. The van der Waals surface area contributed by atoms with Crippen LogP contribution >= 0.6 is 27.5 Å². The highest BCUT2D eigenvalue weighted by molar-refractivity contribution is 9.10. The molecule has 0 radical (unpaired) electrons. The fraction of sp³-hybridized carbons (Fsp3) is 0.227. The first kappa shape index (κ1) is 19.9. The van der Waals surface area contributed by atoms with E-state index < -0.39 is 5.92 Å². The standard InChI is InChI=1S/C22H19BrClN3O2/c1-12-19(22(29)27-18-10-7-14(23)11-25-18)20(13-5-8-15(24)9-6-13)21-16(26-12)3-2-4-17(21)28/h5-11,20,26H,2-4H2,1H3,(H,25,27,29)/t20-/m1/s1. The number of anilines is 1. The number of amides is 1. The van der Waals surface area contributed by atoms with Crippen molar-refractivity contribution in [1.82, 2.24) is 10.3 Å². The third-order valence-corrected chi connectivity index (χ3v) is 5.91. The van der Waals surface area contributed by atoms with Gasteiger partial charge in [0.15, 0.2) is 5.78 Å². The summed E-state index contributed by atoms with van der Waals surface area (Å²) in [7, 11) is 0. The smallest absolute Gasteiger partial charge is 0.255 e. The molecule has 0 bridgehead atoms. The van der Waals surface area contributed by atoms with E-state index in [2.05, 4.69) is 31.5 Å². The lowest BCUT2D eigenvalue weighted by molar-refractivity contribution is -0.116. The van der Waals surface area contributed by atoms with Crippen molar-refractivity contribution >= 4 is 45.0 Å². The number of halogens is 2. The molecular weight excluding hydrogens is 454 g/mol. The van der Waals surface area contributed by atoms with E-state index in [1.165, 1.54) is 0 Å². The molecule has 2 aliphatic rings. The second-order valence-corrected chi connectivity index (χ2v) is 8.49. The Morgan fingerprint density at radius 1 is 1.21 bits per heavy atom. The summed E-state index contributed by atoms with van der Waals surface area (Å²) in [6.45, 7) is 1.87. The molecule has 7 heteroatoms. The number of Topliss-reactive ketones (excluding diaryl/α,β-unsaturated/α-hetero) is 1. The lowest BCUT2D eigenvalue weighted by Crippen LogP contribution is -2.35. The largest absolute Gasteiger partial charge is 0.362 e. The Bertz CT molecular complexity index is 1040. The molecule has 4 rings (SSSR count). The van der Waals surface area contributed by atoms with Crippen LogP contribution in [0.15, 0.2) is 69.6 Å². The topological polar surface area (TPSA) is 71.1 Å². The summed E-state index contributed by atoms with van der Waals surface area (Å²) in [6.07, 6.45) is 3.73. The maximum atomic E-state index is 13.3. The fourth-order valence-electron chi connectivity index (χ4n) is 3.91. The van der Waals surface area contributed by atoms with E-state index in [1.54, 1.807) is 24.4 Å². The summed E-state index contributed by atoms with van der Waals surface area (Å²) in [6, 6.07) is 10.9. The van der Waals surface area contributed by atoms with E-state index in [0.29, 0.717) is 28.4 Å². The number of carbonyl (C=O) groups is 2. The Labute approximate surface area is 182 Å². The monoisotopic (exact) mass is 471 g/mol. The number of rotatable bonds is 3. The molecular formula is C22H19BrClN3O2. The van der Waals surface area contributed by atoms with Gasteiger partial charge in [-0.2, -0.15) is 0 Å². The predicted molar refractivity (Wildman–Crippen MR) is 116 cm³/mol. The molecule has 2 aromatic rings. The number of pyridine rings is 1. The molecule has 2 heterocycles. The number of ketones is 1. The first-order chi connectivity index (χ1) is 13.9. The third kappa shape index (κ3) is 4.00. The molecule has 1 aliphatic carbocycles. The minimum absolute atomic E-state index is 0.0817. The van der Waals surface area contributed by atoms with Crippen LogP contribution in [0, 0.1) is 0 Å². The quantitative estimate of drug-likeness (QED) is 0.652. The fourth-order valence-corrected chi connectivity index (χ4v) is 4.27. The number of dihydropyridines is 1. The van der Waals surface area contributed by atoms with Gasteiger partial charge in [0.2, 0.25) is 0 Å². The molecule has 5 nitrogen and oxygen atoms in total. The highest BCUT2D eigenvalue weighted by Gasteiger charge is 2.38. The van der Waals surface area contributed by atoms with E-state index in [4.69, 9.17) is 11.6 Å². The van der Waals surface area contributed by atoms with Crippen molar-refractivity contribution in [2.45, 2.75) is 32.1 Å². The van der Waals surface area contributed by atoms with E-state index in [0.717, 1.165) is 34.3 Å². The van der Waals surface area contributed by atoms with Crippen molar-refractivity contribution in [3.8, 4) is 0 Å². The maximum Gasteiger partial charge on any atom is 0.255 e. The van der Waals surface area contributed by atoms with Gasteiger partial charge < -0.3 is 10.6 Å². The van der Waals surface area contributed by atoms with Crippen LogP contribution in [0.1, 0.15) is 37.7 Å². The zero-order valence-corrected chi connectivity index (χ0v) is 18.1. The van der Waals surface area contributed by atoms with E-state index in [-0.39, 0.29) is 11.7 Å². The van der Waals surface area contributed by atoms with Gasteiger partial charge in [0.25, 0.3) is 5.91 Å². The van der Waals surface area contributed by atoms with Crippen LogP contribution < -0.4 is 10.6 Å². The molecule has 1 aliphatic heterocycles. The van der Waals surface area contributed by atoms with E-state index in [1.807, 2.05) is 25.1 Å². The lowest BCUT2D eigenvalue weighted by Gasteiger charge is -2.34. The summed E-state index contributed by atoms with van der Waals surface area (Å²) >= 11 is 9.41. The van der Waals surface area contributed by atoms with Crippen LogP contribution in [0.25, 0.3) is 0 Å². The molecule has 148 valence electrons. The highest BCUT2D eigenvalue weighted by Crippen LogP contribution is 2.42. The number of nitrogens with zero attached hydrogens (tertiary/aromatic N) is 1. The van der Waals surface area contributed by atoms with Crippen LogP contribution in [0.5, 0.6) is 0 Å². The van der Waals surface area contributed by atoms with Crippen LogP contribution in [-0.2, 0) is 9.59 Å². The molecule has 1 atom stereocenters. The van der Waals surface area contributed by atoms with Gasteiger partial charge in [-0.05, 0) is 65.5 Å². The number of benzene rings is 1. The highest BCUT2D eigenvalue weighted by atomic mass is 79.9. The molecule has 1 aromatic carbocycles. The second kappa shape index (κ2) is 8.13. The normalized spacial score (nSPS) is 19.0. The molecule has 0 unspecified atom stereocenters. The number of nitrogens with one attached hydrogen (secondary N) is 2. The third-order valence-electron chi connectivity index (χ3n) is 5.19. The molecule has 0 fully saturated rings. The minimum atomic E-state index is -0.438. The molecule has 0 spiro atoms. The average Bonchev–Trinajstić information content (AvgIpc) is 2.69. The van der Waals surface area contributed by atoms with E-state index >= 15 is 0 Å². The van der Waals surface area contributed by atoms with Crippen molar-refractivity contribution in [3.05, 3.63) is 80.2 Å². The van der Waals surface area contributed by atoms with Crippen molar-refractivity contribution in [2.24, 2.45) is 0 Å². The zero-order chi connectivity index (χ0) is 20.5. The number of carbonyl (C=O) groups excluding carboxylic acids is 2. The van der Waals surface area contributed by atoms with Crippen molar-refractivity contribution in [3.63, 3.8) is 0 Å². The first-order valence-electron chi connectivity index (χ1n) is 9.36. The van der Waals surface area contributed by atoms with Gasteiger partial charge in [-0.15, -0.1) is 0 Å². The summed E-state index contributed by atoms with van der Waals surface area (Å²) in [5.74, 6) is -0.192.